The predicted molar refractivity (Wildman–Crippen MR) is 329 cm³/mol. The number of nitrogens with zero attached hydrogens (tertiary/aromatic N) is 2. The van der Waals surface area contributed by atoms with E-state index in [9.17, 15) is 0 Å². The van der Waals surface area contributed by atoms with Gasteiger partial charge in [-0.2, -0.15) is 0 Å². The summed E-state index contributed by atoms with van der Waals surface area (Å²) in [6.45, 7) is 5.21. The zero-order valence-corrected chi connectivity index (χ0v) is 51.8. The summed E-state index contributed by atoms with van der Waals surface area (Å²) in [6, 6.07) is 5.45. The van der Waals surface area contributed by atoms with Gasteiger partial charge in [0.1, 0.15) is 0 Å². The fraction of sp³-hybridized carbons (Fsp3) is 1.00. The highest BCUT2D eigenvalue weighted by Crippen LogP contribution is 2.63. The van der Waals surface area contributed by atoms with Crippen LogP contribution in [0.4, 0.5) is 0 Å². The molecule has 0 bridgehead atoms. The highest BCUT2D eigenvalue weighted by atomic mass is 15.2. The highest BCUT2D eigenvalue weighted by molar-refractivity contribution is 5.10. The Morgan fingerprint density at radius 3 is 0.910 bits per heavy atom. The van der Waals surface area contributed by atoms with Crippen molar-refractivity contribution in [3.05, 3.63) is 0 Å². The van der Waals surface area contributed by atoms with Gasteiger partial charge in [0.05, 0.1) is 0 Å². The van der Waals surface area contributed by atoms with Crippen molar-refractivity contribution in [2.75, 3.05) is 0 Å². The van der Waals surface area contributed by atoms with E-state index in [1.807, 2.05) is 0 Å². The molecular weight excluding hydrogens is 941 g/mol. The first-order chi connectivity index (χ1) is 38.5. The average Bonchev–Trinajstić information content (AvgIpc) is 3.57. The molecule has 2 heteroatoms. The molecule has 14 saturated carbocycles. The van der Waals surface area contributed by atoms with Gasteiger partial charge >= 0.3 is 0 Å². The van der Waals surface area contributed by atoms with Gasteiger partial charge in [0.25, 0.3) is 0 Å². The normalized spacial score (nSPS) is 50.6. The summed E-state index contributed by atoms with van der Waals surface area (Å²) in [6.07, 6.45) is 75.6. The SMILES string of the molecule is CC1CCC(N(C2CCC(CCCC3C4CCCCC4CC4CCCCC43)CC2)C2CCC3CCC4C5C(CCC2C35)CCC4N(C2CCC(C)CC2)C2CCC(CCCC3C4CCCCC4CC4CCCCC43)CC2)CC1. The van der Waals surface area contributed by atoms with Crippen molar-refractivity contribution in [1.29, 1.82) is 0 Å². The van der Waals surface area contributed by atoms with Crippen LogP contribution in [0.1, 0.15) is 322 Å². The molecule has 14 aliphatic carbocycles. The largest absolute Gasteiger partial charge is 0.294 e. The maximum absolute atomic E-state index is 3.49. The Morgan fingerprint density at radius 2 is 0.564 bits per heavy atom. The number of fused-ring (bicyclic) bond motifs is 4. The topological polar surface area (TPSA) is 6.48 Å². The van der Waals surface area contributed by atoms with E-state index in [-0.39, 0.29) is 0 Å². The average molecular weight is 1070 g/mol. The van der Waals surface area contributed by atoms with Crippen LogP contribution >= 0.6 is 0 Å². The summed E-state index contributed by atoms with van der Waals surface area (Å²) in [5, 5.41) is 0. The second-order valence-corrected chi connectivity index (χ2v) is 34.0. The summed E-state index contributed by atoms with van der Waals surface area (Å²) < 4.78 is 0. The van der Waals surface area contributed by atoms with Crippen LogP contribution in [0.2, 0.25) is 0 Å². The maximum Gasteiger partial charge on any atom is 0.0132 e. The third-order valence-corrected chi connectivity index (χ3v) is 30.6. The molecule has 0 aliphatic heterocycles. The number of hydrogen-bond donors (Lipinski definition) is 0. The smallest absolute Gasteiger partial charge is 0.0132 e. The lowest BCUT2D eigenvalue weighted by molar-refractivity contribution is -0.150. The summed E-state index contributed by atoms with van der Waals surface area (Å²) in [5.41, 5.74) is 0. The quantitative estimate of drug-likeness (QED) is 0.171. The molecule has 16 unspecified atom stereocenters. The Labute approximate surface area is 484 Å². The van der Waals surface area contributed by atoms with Gasteiger partial charge in [-0.05, 0) is 324 Å². The molecule has 0 radical (unpaired) electrons. The van der Waals surface area contributed by atoms with Crippen LogP contribution in [0.15, 0.2) is 0 Å². The third kappa shape index (κ3) is 11.6. The Morgan fingerprint density at radius 1 is 0.256 bits per heavy atom. The fourth-order valence-corrected chi connectivity index (χ4v) is 27.1. The van der Waals surface area contributed by atoms with Crippen LogP contribution in [0.3, 0.4) is 0 Å². The molecule has 0 heterocycles. The second kappa shape index (κ2) is 25.5. The van der Waals surface area contributed by atoms with Gasteiger partial charge in [-0.25, -0.2) is 0 Å². The van der Waals surface area contributed by atoms with Crippen LogP contribution in [0.5, 0.6) is 0 Å². The molecule has 0 amide bonds. The zero-order valence-electron chi connectivity index (χ0n) is 51.8. The molecule has 0 spiro atoms. The van der Waals surface area contributed by atoms with Crippen LogP contribution in [0.25, 0.3) is 0 Å². The molecule has 2 nitrogen and oxygen atoms in total. The summed E-state index contributed by atoms with van der Waals surface area (Å²) >= 11 is 0. The zero-order chi connectivity index (χ0) is 52.1. The standard InChI is InChI=1S/C76H128N2/c1-51-25-37-61(38-26-51)77(63-41-29-53(30-42-63)13-11-23-69-65-19-7-3-15-57(65)49-58-16-4-8-20-66(58)69)73-47-35-55-34-46-72-74(48-36-56-33-45-71(73)75(55)76(56)72)78(62-39-27-52(2)28-40-62)64-43-31-54(32-44-64)14-12-24-70-67-21-9-5-17-59(67)50-60-18-6-10-22-68(60)70/h51-76H,3-50H2,1-2H3. The van der Waals surface area contributed by atoms with Gasteiger partial charge in [0.2, 0.25) is 0 Å². The van der Waals surface area contributed by atoms with E-state index in [1.165, 1.54) is 51.4 Å². The minimum atomic E-state index is 0.902. The monoisotopic (exact) mass is 1070 g/mol. The van der Waals surface area contributed by atoms with Gasteiger partial charge in [-0.1, -0.05) is 117 Å². The van der Waals surface area contributed by atoms with Gasteiger partial charge < -0.3 is 0 Å². The fourth-order valence-electron chi connectivity index (χ4n) is 27.1. The van der Waals surface area contributed by atoms with Gasteiger partial charge in [-0.15, -0.1) is 0 Å². The second-order valence-electron chi connectivity index (χ2n) is 34.0. The van der Waals surface area contributed by atoms with Crippen LogP contribution in [-0.2, 0) is 0 Å². The Kier molecular flexibility index (Phi) is 18.2. The molecule has 16 atom stereocenters. The first-order valence-electron chi connectivity index (χ1n) is 38.0. The lowest BCUT2D eigenvalue weighted by Crippen LogP contribution is -2.64. The molecule has 78 heavy (non-hydrogen) atoms. The van der Waals surface area contributed by atoms with E-state index in [2.05, 4.69) is 23.6 Å². The highest BCUT2D eigenvalue weighted by Gasteiger charge is 2.59. The predicted octanol–water partition coefficient (Wildman–Crippen LogP) is 21.1. The Bertz CT molecular complexity index is 1670. The molecule has 14 rings (SSSR count). The van der Waals surface area contributed by atoms with Crippen molar-refractivity contribution in [3.63, 3.8) is 0 Å². The van der Waals surface area contributed by atoms with Crippen LogP contribution in [-0.4, -0.2) is 46.1 Å². The Balaban J connectivity index is 0.634. The first kappa shape index (κ1) is 55.8. The molecule has 0 aromatic carbocycles. The molecule has 0 saturated heterocycles. The number of hydrogen-bond acceptors (Lipinski definition) is 2. The number of rotatable bonds is 14. The lowest BCUT2D eigenvalue weighted by Gasteiger charge is -2.64. The van der Waals surface area contributed by atoms with Gasteiger partial charge in [0, 0.05) is 36.3 Å². The minimum absolute atomic E-state index is 0.902. The van der Waals surface area contributed by atoms with Gasteiger partial charge in [-0.3, -0.25) is 9.80 Å². The molecule has 0 aromatic heterocycles. The van der Waals surface area contributed by atoms with Crippen molar-refractivity contribution < 1.29 is 0 Å². The summed E-state index contributed by atoms with van der Waals surface area (Å²) in [4.78, 5) is 6.98. The van der Waals surface area contributed by atoms with Crippen molar-refractivity contribution in [2.45, 2.75) is 358 Å². The van der Waals surface area contributed by atoms with Gasteiger partial charge in [0.15, 0.2) is 0 Å². The third-order valence-electron chi connectivity index (χ3n) is 30.6. The van der Waals surface area contributed by atoms with E-state index >= 15 is 0 Å². The first-order valence-corrected chi connectivity index (χ1v) is 38.0. The minimum Gasteiger partial charge on any atom is -0.294 e. The van der Waals surface area contributed by atoms with Crippen molar-refractivity contribution >= 4 is 0 Å². The molecular formula is C76H128N2. The maximum atomic E-state index is 3.49. The van der Waals surface area contributed by atoms with E-state index < -0.39 is 0 Å². The van der Waals surface area contributed by atoms with Crippen molar-refractivity contribution in [3.8, 4) is 0 Å². The van der Waals surface area contributed by atoms with E-state index in [4.69, 9.17) is 0 Å². The molecule has 442 valence electrons. The van der Waals surface area contributed by atoms with Crippen molar-refractivity contribution in [1.82, 2.24) is 9.80 Å². The van der Waals surface area contributed by atoms with Crippen LogP contribution in [0, 0.1) is 118 Å². The lowest BCUT2D eigenvalue weighted by atomic mass is 9.46. The van der Waals surface area contributed by atoms with Crippen molar-refractivity contribution in [2.24, 2.45) is 118 Å². The molecule has 14 fully saturated rings. The van der Waals surface area contributed by atoms with E-state index in [1.54, 1.807) is 257 Å². The van der Waals surface area contributed by atoms with Crippen LogP contribution < -0.4 is 0 Å². The summed E-state index contributed by atoms with van der Waals surface area (Å²) in [7, 11) is 0. The van der Waals surface area contributed by atoms with E-state index in [0.29, 0.717) is 0 Å². The molecule has 0 aromatic rings. The molecule has 0 N–H and O–H groups in total. The molecule has 14 aliphatic rings. The van der Waals surface area contributed by atoms with E-state index in [0.717, 1.165) is 155 Å². The Hall–Kier alpha value is -0.0800. The summed E-state index contributed by atoms with van der Waals surface area (Å²) in [5.74, 6) is 21.5.